The van der Waals surface area contributed by atoms with Crippen LogP contribution in [0.5, 0.6) is 5.75 Å². The van der Waals surface area contributed by atoms with Crippen LogP contribution in [0.1, 0.15) is 5.56 Å². The van der Waals surface area contributed by atoms with Gasteiger partial charge in [-0.15, -0.1) is 0 Å². The topological polar surface area (TPSA) is 9.23 Å². The summed E-state index contributed by atoms with van der Waals surface area (Å²) in [5.74, 6) is 0.991. The fourth-order valence-corrected chi connectivity index (χ4v) is 1.06. The summed E-state index contributed by atoms with van der Waals surface area (Å²) in [6.45, 7) is 0.705. The van der Waals surface area contributed by atoms with Gasteiger partial charge in [-0.2, -0.15) is 0 Å². The number of hydrogen-bond acceptors (Lipinski definition) is 1. The number of rotatable bonds is 0. The van der Waals surface area contributed by atoms with Gasteiger partial charge in [-0.3, -0.25) is 0 Å². The van der Waals surface area contributed by atoms with Crippen LogP contribution in [0.3, 0.4) is 0 Å². The van der Waals surface area contributed by atoms with Crippen molar-refractivity contribution in [3.63, 3.8) is 0 Å². The molecule has 0 fully saturated rings. The maximum absolute atomic E-state index is 5.34. The Morgan fingerprint density at radius 2 is 1.85 bits per heavy atom. The van der Waals surface area contributed by atoms with E-state index in [1.807, 2.05) is 30.3 Å². The number of benzene rings is 1. The van der Waals surface area contributed by atoms with E-state index in [-0.39, 0.29) is 54.6 Å². The predicted molar refractivity (Wildman–Crippen MR) is 41.0 cm³/mol. The largest absolute Gasteiger partial charge is 0.489 e. The first-order valence-electron chi connectivity index (χ1n) is 3.35. The quantitative estimate of drug-likeness (QED) is 0.651. The predicted octanol–water partition coefficient (Wildman–Crippen LogP) is 2.08. The third kappa shape index (κ3) is 4.00. The zero-order chi connectivity index (χ0) is 6.81. The van der Waals surface area contributed by atoms with Gasteiger partial charge in [-0.1, -0.05) is 24.3 Å². The Morgan fingerprint density at radius 3 is 2.54 bits per heavy atom. The summed E-state index contributed by atoms with van der Waals surface area (Å²) in [7, 11) is 0. The summed E-state index contributed by atoms with van der Waals surface area (Å²) in [6, 6.07) is 8.03. The maximum Gasteiger partial charge on any atom is 0.126 e. The van der Waals surface area contributed by atoms with Crippen LogP contribution in [-0.2, 0) is 54.6 Å². The molecule has 0 saturated carbocycles. The fraction of sp³-hybridized carbons (Fsp3) is 0.111. The third-order valence-electron chi connectivity index (χ3n) is 1.55. The average molecular weight is 350 g/mol. The van der Waals surface area contributed by atoms with E-state index in [0.717, 1.165) is 5.75 Å². The van der Waals surface area contributed by atoms with E-state index in [1.165, 1.54) is 5.56 Å². The van der Waals surface area contributed by atoms with Gasteiger partial charge in [0.05, 0.1) is 0 Å². The molecule has 77 valence electrons. The molecule has 4 heteroatoms. The summed E-state index contributed by atoms with van der Waals surface area (Å²) in [5.41, 5.74) is 1.17. The molecule has 1 heterocycles. The first-order chi connectivity index (χ1) is 4.97. The summed E-state index contributed by atoms with van der Waals surface area (Å²) in [4.78, 5) is 0. The second-order valence-corrected chi connectivity index (χ2v) is 2.25. The number of para-hydroxylation sites is 1. The first kappa shape index (κ1) is 15.9. The van der Waals surface area contributed by atoms with E-state index in [2.05, 4.69) is 6.08 Å². The molecule has 1 aromatic rings. The van der Waals surface area contributed by atoms with Crippen molar-refractivity contribution in [3.05, 3.63) is 35.9 Å². The Hall–Kier alpha value is 0.461. The van der Waals surface area contributed by atoms with Crippen LogP contribution >= 0.6 is 0 Å². The van der Waals surface area contributed by atoms with Crippen LogP contribution < -0.4 is 4.74 Å². The minimum Gasteiger partial charge on any atom is -0.489 e. The van der Waals surface area contributed by atoms with Crippen LogP contribution in [0.15, 0.2) is 30.3 Å². The van der Waals surface area contributed by atoms with Crippen molar-refractivity contribution in [1.82, 2.24) is 0 Å². The van der Waals surface area contributed by atoms with Crippen molar-refractivity contribution in [2.24, 2.45) is 0 Å². The second kappa shape index (κ2) is 7.83. The Kier molecular flexibility index (Phi) is 9.58. The summed E-state index contributed by atoms with van der Waals surface area (Å²) >= 11 is 0. The Morgan fingerprint density at radius 1 is 1.15 bits per heavy atom. The second-order valence-electron chi connectivity index (χ2n) is 2.25. The van der Waals surface area contributed by atoms with Crippen molar-refractivity contribution in [3.8, 4) is 5.75 Å². The summed E-state index contributed by atoms with van der Waals surface area (Å²) in [5, 5.41) is 0. The van der Waals surface area contributed by atoms with E-state index in [1.54, 1.807) is 0 Å². The van der Waals surface area contributed by atoms with Gasteiger partial charge in [0.15, 0.2) is 0 Å². The molecule has 0 N–H and O–H groups in total. The molecule has 2 rings (SSSR count). The molecule has 0 aliphatic carbocycles. The zero-order valence-corrected chi connectivity index (χ0v) is 10.5. The molecule has 0 spiro atoms. The van der Waals surface area contributed by atoms with E-state index >= 15 is 0 Å². The van der Waals surface area contributed by atoms with Crippen molar-refractivity contribution in [2.75, 3.05) is 6.61 Å². The van der Waals surface area contributed by atoms with Crippen LogP contribution in [0.25, 0.3) is 6.08 Å². The molecule has 1 aliphatic rings. The van der Waals surface area contributed by atoms with Crippen molar-refractivity contribution < 1.29 is 59.4 Å². The van der Waals surface area contributed by atoms with E-state index in [4.69, 9.17) is 4.74 Å². The van der Waals surface area contributed by atoms with Gasteiger partial charge >= 0.3 is 0 Å². The molecule has 0 amide bonds. The number of ether oxygens (including phenoxy) is 1. The Balaban J connectivity index is 0. The first-order valence-corrected chi connectivity index (χ1v) is 3.35. The van der Waals surface area contributed by atoms with E-state index in [9.17, 15) is 0 Å². The van der Waals surface area contributed by atoms with E-state index in [0.29, 0.717) is 6.61 Å². The zero-order valence-electron chi connectivity index (χ0n) is 6.61. The molecular weight excluding hydrogens is 342 g/mol. The van der Waals surface area contributed by atoms with Gasteiger partial charge in [0.25, 0.3) is 0 Å². The number of hydrogen-bond donors (Lipinski definition) is 0. The van der Waals surface area contributed by atoms with Gasteiger partial charge in [0, 0.05) is 60.2 Å². The van der Waals surface area contributed by atoms with Crippen LogP contribution in [0.4, 0.5) is 0 Å². The maximum atomic E-state index is 5.34. The smallest absolute Gasteiger partial charge is 0.126 e. The van der Waals surface area contributed by atoms with E-state index < -0.39 is 0 Å². The molecule has 0 aromatic heterocycles. The average Bonchev–Trinajstić information content (AvgIpc) is 2.05. The van der Waals surface area contributed by atoms with Gasteiger partial charge < -0.3 is 4.74 Å². The Bertz CT molecular complexity index is 278. The van der Waals surface area contributed by atoms with Gasteiger partial charge in [-0.25, -0.2) is 0 Å². The van der Waals surface area contributed by atoms with Crippen molar-refractivity contribution in [2.45, 2.75) is 0 Å². The normalized spacial score (nSPS) is 10.8. The van der Waals surface area contributed by atoms with Crippen LogP contribution in [0.2, 0.25) is 0 Å². The summed E-state index contributed by atoms with van der Waals surface area (Å²) < 4.78 is 5.34. The molecule has 0 bridgehead atoms. The minimum absolute atomic E-state index is 0. The minimum atomic E-state index is 0. The van der Waals surface area contributed by atoms with Crippen LogP contribution in [-0.4, -0.2) is 6.61 Å². The van der Waals surface area contributed by atoms with Gasteiger partial charge in [0.2, 0.25) is 0 Å². The fourth-order valence-electron chi connectivity index (χ4n) is 1.06. The Labute approximate surface area is 113 Å². The molecule has 0 unspecified atom stereocenters. The molecule has 1 radical (unpaired) electrons. The van der Waals surface area contributed by atoms with Gasteiger partial charge in [0.1, 0.15) is 12.4 Å². The monoisotopic (exact) mass is 351 g/mol. The molecule has 1 aliphatic heterocycles. The summed E-state index contributed by atoms with van der Waals surface area (Å²) in [6.07, 6.45) is 4.10. The molecule has 13 heavy (non-hydrogen) atoms. The standard InChI is InChI=1S/C9H8O.Cu.Mo.Ni/c1-2-6-9-8(4-1)5-3-7-10-9;;;/h1-6H,7H2;;;. The molecule has 1 nitrogen and oxygen atoms in total. The molecule has 1 aromatic carbocycles. The third-order valence-corrected chi connectivity index (χ3v) is 1.55. The SMILES string of the molecule is C1=Cc2ccccc2OC1.[Cu].[Mo].[Ni]. The number of fused-ring (bicyclic) bond motifs is 1. The molecule has 0 saturated heterocycles. The van der Waals surface area contributed by atoms with Crippen LogP contribution in [0, 0.1) is 0 Å². The van der Waals surface area contributed by atoms with Crippen molar-refractivity contribution >= 4 is 6.08 Å². The molecule has 0 atom stereocenters. The van der Waals surface area contributed by atoms with Crippen molar-refractivity contribution in [1.29, 1.82) is 0 Å². The van der Waals surface area contributed by atoms with Gasteiger partial charge in [-0.05, 0) is 12.1 Å². The molecular formula is C9H8CuMoNiO.